The van der Waals surface area contributed by atoms with Gasteiger partial charge in [0.25, 0.3) is 5.91 Å². The van der Waals surface area contributed by atoms with Crippen molar-refractivity contribution >= 4 is 11.7 Å². The number of carbonyl (C=O) groups excluding carboxylic acids is 1. The second kappa shape index (κ2) is 6.09. The number of hydrogen-bond donors (Lipinski definition) is 1. The van der Waals surface area contributed by atoms with Crippen LogP contribution in [0.25, 0.3) is 0 Å². The number of hydrogen-bond acceptors (Lipinski definition) is 4. The van der Waals surface area contributed by atoms with Gasteiger partial charge in [0.2, 0.25) is 0 Å². The van der Waals surface area contributed by atoms with Gasteiger partial charge in [0.05, 0.1) is 12.2 Å². The molecule has 1 aliphatic heterocycles. The third-order valence-corrected chi connectivity index (χ3v) is 3.72. The molecule has 1 aliphatic rings. The average Bonchev–Trinajstić information content (AvgIpc) is 3.01. The van der Waals surface area contributed by atoms with Crippen molar-refractivity contribution in [2.75, 3.05) is 18.5 Å². The Morgan fingerprint density at radius 3 is 2.86 bits per heavy atom. The Balaban J connectivity index is 1.79. The fourth-order valence-corrected chi connectivity index (χ4v) is 2.31. The van der Waals surface area contributed by atoms with Crippen molar-refractivity contribution in [2.24, 2.45) is 0 Å². The quantitative estimate of drug-likeness (QED) is 0.943. The molecule has 6 nitrogen and oxygen atoms in total. The lowest BCUT2D eigenvalue weighted by atomic mass is 10.2. The molecule has 2 heterocycles. The van der Waals surface area contributed by atoms with Crippen LogP contribution in [0.15, 0.2) is 30.5 Å². The highest BCUT2D eigenvalue weighted by molar-refractivity contribution is 6.04. The van der Waals surface area contributed by atoms with Gasteiger partial charge >= 0.3 is 0 Å². The van der Waals surface area contributed by atoms with Gasteiger partial charge in [0.1, 0.15) is 19.0 Å². The summed E-state index contributed by atoms with van der Waals surface area (Å²) < 4.78 is 12.8. The molecular formula is C16H19N3O3. The van der Waals surface area contributed by atoms with Crippen LogP contribution in [-0.4, -0.2) is 28.9 Å². The van der Waals surface area contributed by atoms with E-state index in [0.29, 0.717) is 36.1 Å². The number of fused-ring (bicyclic) bond motifs is 1. The maximum atomic E-state index is 12.4. The van der Waals surface area contributed by atoms with Gasteiger partial charge in [-0.3, -0.25) is 4.79 Å². The molecule has 0 saturated heterocycles. The van der Waals surface area contributed by atoms with E-state index in [1.807, 2.05) is 4.68 Å². The number of aromatic nitrogens is 2. The smallest absolute Gasteiger partial charge is 0.256 e. The molecule has 0 radical (unpaired) electrons. The zero-order chi connectivity index (χ0) is 15.5. The van der Waals surface area contributed by atoms with Crippen molar-refractivity contribution in [1.29, 1.82) is 0 Å². The predicted molar refractivity (Wildman–Crippen MR) is 82.6 cm³/mol. The van der Waals surface area contributed by atoms with Crippen molar-refractivity contribution in [3.05, 3.63) is 36.0 Å². The van der Waals surface area contributed by atoms with E-state index >= 15 is 0 Å². The Bertz CT molecular complexity index is 681. The topological polar surface area (TPSA) is 65.4 Å². The molecule has 0 spiro atoms. The number of anilines is 1. The van der Waals surface area contributed by atoms with E-state index < -0.39 is 0 Å². The molecule has 6 heteroatoms. The first-order chi connectivity index (χ1) is 10.7. The van der Waals surface area contributed by atoms with Crippen molar-refractivity contribution in [3.63, 3.8) is 0 Å². The Hall–Kier alpha value is -2.50. The summed E-state index contributed by atoms with van der Waals surface area (Å²) >= 11 is 0. The van der Waals surface area contributed by atoms with Gasteiger partial charge in [-0.25, -0.2) is 4.68 Å². The Labute approximate surface area is 129 Å². The summed E-state index contributed by atoms with van der Waals surface area (Å²) in [5, 5.41) is 7.16. The molecule has 1 aromatic heterocycles. The second-order valence-corrected chi connectivity index (χ2v) is 5.23. The van der Waals surface area contributed by atoms with Gasteiger partial charge in [0.15, 0.2) is 11.5 Å². The number of carbonyl (C=O) groups is 1. The Morgan fingerprint density at radius 1 is 1.32 bits per heavy atom. The van der Waals surface area contributed by atoms with Gasteiger partial charge in [0, 0.05) is 11.6 Å². The van der Waals surface area contributed by atoms with Gasteiger partial charge in [-0.1, -0.05) is 6.92 Å². The molecule has 0 bridgehead atoms. The molecule has 0 saturated carbocycles. The normalized spacial score (nSPS) is 14.5. The Kier molecular flexibility index (Phi) is 4.00. The number of amides is 1. The summed E-state index contributed by atoms with van der Waals surface area (Å²) in [6.07, 6.45) is 2.63. The minimum absolute atomic E-state index is 0.193. The number of ether oxygens (including phenoxy) is 2. The van der Waals surface area contributed by atoms with Crippen molar-refractivity contribution in [1.82, 2.24) is 9.78 Å². The fraction of sp³-hybridized carbons (Fsp3) is 0.375. The highest BCUT2D eigenvalue weighted by Gasteiger charge is 2.16. The van der Waals surface area contributed by atoms with Crippen LogP contribution in [0.1, 0.15) is 36.7 Å². The van der Waals surface area contributed by atoms with Crippen LogP contribution in [0.4, 0.5) is 5.82 Å². The molecular weight excluding hydrogens is 282 g/mol. The molecule has 0 aliphatic carbocycles. The fourth-order valence-electron chi connectivity index (χ4n) is 2.31. The van der Waals surface area contributed by atoms with Crippen LogP contribution >= 0.6 is 0 Å². The molecule has 1 unspecified atom stereocenters. The van der Waals surface area contributed by atoms with E-state index in [1.54, 1.807) is 30.5 Å². The lowest BCUT2D eigenvalue weighted by molar-refractivity contribution is 0.102. The van der Waals surface area contributed by atoms with Gasteiger partial charge in [-0.05, 0) is 31.5 Å². The summed E-state index contributed by atoms with van der Waals surface area (Å²) in [6, 6.07) is 7.21. The third-order valence-electron chi connectivity index (χ3n) is 3.72. The van der Waals surface area contributed by atoms with Crippen LogP contribution < -0.4 is 14.8 Å². The number of rotatable bonds is 4. The standard InChI is InChI=1S/C16H19N3O3/c1-3-11(2)19-15(6-7-17-19)18-16(20)12-4-5-13-14(10-12)22-9-8-21-13/h4-7,10-11H,3,8-9H2,1-2H3,(H,18,20). The van der Waals surface area contributed by atoms with Crippen molar-refractivity contribution in [3.8, 4) is 11.5 Å². The molecule has 1 amide bonds. The molecule has 0 fully saturated rings. The van der Waals surface area contributed by atoms with E-state index in [9.17, 15) is 4.79 Å². The summed E-state index contributed by atoms with van der Waals surface area (Å²) in [5.74, 6) is 1.78. The van der Waals surface area contributed by atoms with E-state index in [-0.39, 0.29) is 11.9 Å². The van der Waals surface area contributed by atoms with Gasteiger partial charge < -0.3 is 14.8 Å². The van der Waals surface area contributed by atoms with E-state index in [2.05, 4.69) is 24.3 Å². The first kappa shape index (κ1) is 14.4. The molecule has 1 N–H and O–H groups in total. The van der Waals surface area contributed by atoms with Crippen LogP contribution in [0, 0.1) is 0 Å². The molecule has 2 aromatic rings. The van der Waals surface area contributed by atoms with E-state index in [0.717, 1.165) is 6.42 Å². The SMILES string of the molecule is CCC(C)n1nccc1NC(=O)c1ccc2c(c1)OCCO2. The summed E-state index contributed by atoms with van der Waals surface area (Å²) in [6.45, 7) is 5.18. The lowest BCUT2D eigenvalue weighted by Crippen LogP contribution is -2.19. The minimum atomic E-state index is -0.193. The monoisotopic (exact) mass is 301 g/mol. The second-order valence-electron chi connectivity index (χ2n) is 5.23. The van der Waals surface area contributed by atoms with Crippen LogP contribution in [0.2, 0.25) is 0 Å². The first-order valence-corrected chi connectivity index (χ1v) is 7.43. The zero-order valence-corrected chi connectivity index (χ0v) is 12.7. The zero-order valence-electron chi connectivity index (χ0n) is 12.7. The third kappa shape index (κ3) is 2.77. The highest BCUT2D eigenvalue weighted by Crippen LogP contribution is 2.31. The van der Waals surface area contributed by atoms with Crippen LogP contribution in [0.3, 0.4) is 0 Å². The number of nitrogens with zero attached hydrogens (tertiary/aromatic N) is 2. The Morgan fingerprint density at radius 2 is 2.09 bits per heavy atom. The maximum Gasteiger partial charge on any atom is 0.256 e. The summed E-state index contributed by atoms with van der Waals surface area (Å²) in [5.41, 5.74) is 0.529. The minimum Gasteiger partial charge on any atom is -0.486 e. The average molecular weight is 301 g/mol. The van der Waals surface area contributed by atoms with Gasteiger partial charge in [-0.15, -0.1) is 0 Å². The van der Waals surface area contributed by atoms with E-state index in [4.69, 9.17) is 9.47 Å². The largest absolute Gasteiger partial charge is 0.486 e. The van der Waals surface area contributed by atoms with Crippen molar-refractivity contribution < 1.29 is 14.3 Å². The molecule has 22 heavy (non-hydrogen) atoms. The van der Waals surface area contributed by atoms with Gasteiger partial charge in [-0.2, -0.15) is 5.10 Å². The van der Waals surface area contributed by atoms with Crippen molar-refractivity contribution in [2.45, 2.75) is 26.3 Å². The first-order valence-electron chi connectivity index (χ1n) is 7.43. The van der Waals surface area contributed by atoms with E-state index in [1.165, 1.54) is 0 Å². The molecule has 3 rings (SSSR count). The number of benzene rings is 1. The highest BCUT2D eigenvalue weighted by atomic mass is 16.6. The summed E-state index contributed by atoms with van der Waals surface area (Å²) in [7, 11) is 0. The van der Waals surface area contributed by atoms with Crippen LogP contribution in [-0.2, 0) is 0 Å². The van der Waals surface area contributed by atoms with Crippen LogP contribution in [0.5, 0.6) is 11.5 Å². The maximum absolute atomic E-state index is 12.4. The summed E-state index contributed by atoms with van der Waals surface area (Å²) in [4.78, 5) is 12.4. The molecule has 116 valence electrons. The predicted octanol–water partition coefficient (Wildman–Crippen LogP) is 2.88. The molecule has 1 atom stereocenters. The molecule has 1 aromatic carbocycles. The lowest BCUT2D eigenvalue weighted by Gasteiger charge is -2.19. The number of nitrogens with one attached hydrogen (secondary N) is 1.